The number of nitrogens with zero attached hydrogens (tertiary/aromatic N) is 1. The number of pyridine rings is 1. The first-order valence-electron chi connectivity index (χ1n) is 6.90. The van der Waals surface area contributed by atoms with Crippen LogP contribution in [0.1, 0.15) is 26.3 Å². The largest absolute Gasteiger partial charge is 0.343 e. The van der Waals surface area contributed by atoms with E-state index in [9.17, 15) is 14.4 Å². The molecule has 0 aliphatic heterocycles. The molecule has 1 heterocycles. The average Bonchev–Trinajstić information content (AvgIpc) is 2.58. The van der Waals surface area contributed by atoms with Crippen molar-refractivity contribution in [2.24, 2.45) is 0 Å². The molecule has 118 valence electrons. The van der Waals surface area contributed by atoms with Crippen LogP contribution >= 0.6 is 0 Å². The van der Waals surface area contributed by atoms with Crippen LogP contribution in [0.3, 0.4) is 0 Å². The van der Waals surface area contributed by atoms with Crippen molar-refractivity contribution >= 4 is 17.7 Å². The van der Waals surface area contributed by atoms with Crippen molar-refractivity contribution in [1.29, 1.82) is 0 Å². The summed E-state index contributed by atoms with van der Waals surface area (Å²) < 4.78 is 0. The van der Waals surface area contributed by atoms with Gasteiger partial charge in [-0.3, -0.25) is 30.2 Å². The van der Waals surface area contributed by atoms with Gasteiger partial charge in [0.2, 0.25) is 0 Å². The van der Waals surface area contributed by atoms with Crippen LogP contribution < -0.4 is 16.2 Å². The summed E-state index contributed by atoms with van der Waals surface area (Å²) in [5, 5.41) is 2.48. The van der Waals surface area contributed by atoms with E-state index in [-0.39, 0.29) is 12.5 Å². The first-order chi connectivity index (χ1) is 11.1. The maximum Gasteiger partial charge on any atom is 0.269 e. The molecular weight excluding hydrogens is 296 g/mol. The lowest BCUT2D eigenvalue weighted by atomic mass is 10.1. The van der Waals surface area contributed by atoms with Crippen molar-refractivity contribution < 1.29 is 14.4 Å². The minimum Gasteiger partial charge on any atom is -0.343 e. The highest BCUT2D eigenvalue weighted by Crippen LogP contribution is 2.03. The Morgan fingerprint density at radius 1 is 0.957 bits per heavy atom. The van der Waals surface area contributed by atoms with Crippen LogP contribution in [0, 0.1) is 6.92 Å². The second-order valence-electron chi connectivity index (χ2n) is 4.79. The Morgan fingerprint density at radius 3 is 2.39 bits per heavy atom. The van der Waals surface area contributed by atoms with Gasteiger partial charge < -0.3 is 5.32 Å². The molecule has 3 amide bonds. The van der Waals surface area contributed by atoms with Gasteiger partial charge >= 0.3 is 0 Å². The normalized spacial score (nSPS) is 9.78. The minimum atomic E-state index is -0.534. The Morgan fingerprint density at radius 2 is 1.70 bits per heavy atom. The highest BCUT2D eigenvalue weighted by molar-refractivity contribution is 5.98. The van der Waals surface area contributed by atoms with E-state index in [0.717, 1.165) is 5.56 Å². The van der Waals surface area contributed by atoms with Gasteiger partial charge in [0.25, 0.3) is 17.7 Å². The summed E-state index contributed by atoms with van der Waals surface area (Å²) in [5.41, 5.74) is 6.27. The highest BCUT2D eigenvalue weighted by Gasteiger charge is 2.09. The Bertz CT molecular complexity index is 716. The molecular formula is C16H16N4O3. The van der Waals surface area contributed by atoms with E-state index in [2.05, 4.69) is 21.2 Å². The van der Waals surface area contributed by atoms with Crippen molar-refractivity contribution in [3.8, 4) is 0 Å². The van der Waals surface area contributed by atoms with Gasteiger partial charge in [0.15, 0.2) is 0 Å². The number of aromatic nitrogens is 1. The van der Waals surface area contributed by atoms with Crippen molar-refractivity contribution in [3.05, 3.63) is 65.5 Å². The van der Waals surface area contributed by atoms with Crippen LogP contribution in [0.4, 0.5) is 0 Å². The number of amides is 3. The first-order valence-corrected chi connectivity index (χ1v) is 6.90. The number of rotatable bonds is 4. The van der Waals surface area contributed by atoms with E-state index >= 15 is 0 Å². The van der Waals surface area contributed by atoms with E-state index < -0.39 is 11.8 Å². The van der Waals surface area contributed by atoms with Crippen LogP contribution in [0.2, 0.25) is 0 Å². The number of hydrazine groups is 1. The lowest BCUT2D eigenvalue weighted by molar-refractivity contribution is -0.120. The van der Waals surface area contributed by atoms with Crippen LogP contribution in [-0.4, -0.2) is 29.3 Å². The average molecular weight is 312 g/mol. The molecule has 0 radical (unpaired) electrons. The third-order valence-corrected chi connectivity index (χ3v) is 2.95. The number of benzene rings is 1. The number of hydrogen-bond donors (Lipinski definition) is 3. The number of aryl methyl sites for hydroxylation is 1. The van der Waals surface area contributed by atoms with Gasteiger partial charge in [-0.25, -0.2) is 0 Å². The van der Waals surface area contributed by atoms with Crippen LogP contribution in [0.25, 0.3) is 0 Å². The standard InChI is InChI=1S/C16H16N4O3/c1-11-3-2-4-13(9-11)15(22)18-10-14(21)19-20-16(23)12-5-7-17-8-6-12/h2-9H,10H2,1H3,(H,18,22)(H,19,21)(H,20,23). The van der Waals surface area contributed by atoms with Crippen molar-refractivity contribution in [1.82, 2.24) is 21.2 Å². The summed E-state index contributed by atoms with van der Waals surface area (Å²) in [6.45, 7) is 1.63. The van der Waals surface area contributed by atoms with Gasteiger partial charge in [-0.15, -0.1) is 0 Å². The maximum absolute atomic E-state index is 11.9. The molecule has 0 aliphatic rings. The fourth-order valence-corrected chi connectivity index (χ4v) is 1.80. The highest BCUT2D eigenvalue weighted by atomic mass is 16.2. The molecule has 0 saturated carbocycles. The number of carbonyl (C=O) groups excluding carboxylic acids is 3. The fraction of sp³-hybridized carbons (Fsp3) is 0.125. The van der Waals surface area contributed by atoms with E-state index in [0.29, 0.717) is 11.1 Å². The van der Waals surface area contributed by atoms with Crippen molar-refractivity contribution in [2.45, 2.75) is 6.92 Å². The molecule has 3 N–H and O–H groups in total. The predicted molar refractivity (Wildman–Crippen MR) is 83.4 cm³/mol. The smallest absolute Gasteiger partial charge is 0.269 e. The van der Waals surface area contributed by atoms with E-state index in [4.69, 9.17) is 0 Å². The maximum atomic E-state index is 11.9. The summed E-state index contributed by atoms with van der Waals surface area (Å²) in [6, 6.07) is 10.0. The van der Waals surface area contributed by atoms with Gasteiger partial charge in [-0.05, 0) is 31.2 Å². The molecule has 0 fully saturated rings. The Labute approximate surface area is 133 Å². The summed E-state index contributed by atoms with van der Waals surface area (Å²) in [5.74, 6) is -1.36. The molecule has 7 nitrogen and oxygen atoms in total. The monoisotopic (exact) mass is 312 g/mol. The summed E-state index contributed by atoms with van der Waals surface area (Å²) in [7, 11) is 0. The van der Waals surface area contributed by atoms with E-state index in [1.165, 1.54) is 24.5 Å². The van der Waals surface area contributed by atoms with Crippen molar-refractivity contribution in [2.75, 3.05) is 6.54 Å². The first kappa shape index (κ1) is 16.2. The SMILES string of the molecule is Cc1cccc(C(=O)NCC(=O)NNC(=O)c2ccncc2)c1. The molecule has 1 aromatic heterocycles. The second-order valence-corrected chi connectivity index (χ2v) is 4.79. The van der Waals surface area contributed by atoms with Crippen LogP contribution in [0.5, 0.6) is 0 Å². The Hall–Kier alpha value is -3.22. The topological polar surface area (TPSA) is 100 Å². The van der Waals surface area contributed by atoms with Crippen molar-refractivity contribution in [3.63, 3.8) is 0 Å². The fourth-order valence-electron chi connectivity index (χ4n) is 1.80. The molecule has 0 unspecified atom stereocenters. The molecule has 2 rings (SSSR count). The molecule has 23 heavy (non-hydrogen) atoms. The van der Waals surface area contributed by atoms with Gasteiger partial charge in [-0.1, -0.05) is 17.7 Å². The predicted octanol–water partition coefficient (Wildman–Crippen LogP) is 0.581. The van der Waals surface area contributed by atoms with Crippen LogP contribution in [0.15, 0.2) is 48.8 Å². The molecule has 0 saturated heterocycles. The Kier molecular flexibility index (Phi) is 5.40. The molecule has 2 aromatic rings. The summed E-state index contributed by atoms with van der Waals surface area (Å²) in [4.78, 5) is 39.0. The quantitative estimate of drug-likeness (QED) is 0.719. The van der Waals surface area contributed by atoms with Gasteiger partial charge in [0.05, 0.1) is 6.54 Å². The van der Waals surface area contributed by atoms with Crippen LogP contribution in [-0.2, 0) is 4.79 Å². The number of carbonyl (C=O) groups is 3. The molecule has 0 atom stereocenters. The van der Waals surface area contributed by atoms with Gasteiger partial charge in [-0.2, -0.15) is 0 Å². The number of nitrogens with one attached hydrogen (secondary N) is 3. The van der Waals surface area contributed by atoms with E-state index in [1.807, 2.05) is 13.0 Å². The molecule has 0 aliphatic carbocycles. The number of hydrogen-bond acceptors (Lipinski definition) is 4. The second kappa shape index (κ2) is 7.69. The third-order valence-electron chi connectivity index (χ3n) is 2.95. The summed E-state index contributed by atoms with van der Waals surface area (Å²) in [6.07, 6.45) is 2.94. The zero-order chi connectivity index (χ0) is 16.7. The third kappa shape index (κ3) is 4.92. The van der Waals surface area contributed by atoms with E-state index in [1.54, 1.807) is 18.2 Å². The molecule has 0 spiro atoms. The zero-order valence-corrected chi connectivity index (χ0v) is 12.5. The Balaban J connectivity index is 1.77. The zero-order valence-electron chi connectivity index (χ0n) is 12.5. The van der Waals surface area contributed by atoms with Gasteiger partial charge in [0, 0.05) is 23.5 Å². The molecule has 1 aromatic carbocycles. The lowest BCUT2D eigenvalue weighted by Gasteiger charge is -2.08. The lowest BCUT2D eigenvalue weighted by Crippen LogP contribution is -2.46. The molecule has 0 bridgehead atoms. The summed E-state index contributed by atoms with van der Waals surface area (Å²) >= 11 is 0. The minimum absolute atomic E-state index is 0.247. The molecule has 7 heteroatoms. The van der Waals surface area contributed by atoms with Gasteiger partial charge in [0.1, 0.15) is 0 Å².